The van der Waals surface area contributed by atoms with Gasteiger partial charge in [0.05, 0.1) is 0 Å². The second-order valence-electron chi connectivity index (χ2n) is 6.40. The molecule has 20 heavy (non-hydrogen) atoms. The first kappa shape index (κ1) is 15.9. The zero-order valence-electron chi connectivity index (χ0n) is 13.2. The molecule has 1 saturated carbocycles. The van der Waals surface area contributed by atoms with Crippen LogP contribution in [-0.4, -0.2) is 17.8 Å². The molecule has 0 aromatic heterocycles. The van der Waals surface area contributed by atoms with Crippen LogP contribution >= 0.6 is 11.8 Å². The Morgan fingerprint density at radius 3 is 2.30 bits per heavy atom. The Morgan fingerprint density at radius 2 is 1.70 bits per heavy atom. The summed E-state index contributed by atoms with van der Waals surface area (Å²) in [7, 11) is 0. The van der Waals surface area contributed by atoms with Gasteiger partial charge in [-0.15, -0.1) is 11.8 Å². The molecule has 1 unspecified atom stereocenters. The van der Waals surface area contributed by atoms with Crippen LogP contribution in [0.25, 0.3) is 0 Å². The standard InChI is InChI=1S/C18H29NS/c1-14(2)16-9-11-18(12-10-16)20-15(3)13-19-17-7-5-4-6-8-17/h9-12,14-15,17,19H,4-8,13H2,1-3H3. The number of nitrogens with one attached hydrogen (secondary N) is 1. The number of thioether (sulfide) groups is 1. The van der Waals surface area contributed by atoms with E-state index in [0.717, 1.165) is 12.6 Å². The maximum Gasteiger partial charge on any atom is 0.0191 e. The number of rotatable bonds is 6. The highest BCUT2D eigenvalue weighted by Gasteiger charge is 2.14. The molecule has 1 aliphatic rings. The molecule has 2 rings (SSSR count). The fourth-order valence-electron chi connectivity index (χ4n) is 2.84. The van der Waals surface area contributed by atoms with Gasteiger partial charge in [0.2, 0.25) is 0 Å². The Balaban J connectivity index is 1.74. The third-order valence-corrected chi connectivity index (χ3v) is 5.30. The number of benzene rings is 1. The predicted molar refractivity (Wildman–Crippen MR) is 90.7 cm³/mol. The summed E-state index contributed by atoms with van der Waals surface area (Å²) < 4.78 is 0. The summed E-state index contributed by atoms with van der Waals surface area (Å²) in [4.78, 5) is 1.40. The van der Waals surface area contributed by atoms with E-state index < -0.39 is 0 Å². The number of hydrogen-bond acceptors (Lipinski definition) is 2. The average Bonchev–Trinajstić information content (AvgIpc) is 2.47. The Kier molecular flexibility index (Phi) is 6.44. The van der Waals surface area contributed by atoms with Gasteiger partial charge in [-0.3, -0.25) is 0 Å². The lowest BCUT2D eigenvalue weighted by molar-refractivity contribution is 0.375. The summed E-state index contributed by atoms with van der Waals surface area (Å²) in [6, 6.07) is 9.87. The highest BCUT2D eigenvalue weighted by atomic mass is 32.2. The first-order valence-electron chi connectivity index (χ1n) is 8.15. The Labute approximate surface area is 128 Å². The van der Waals surface area contributed by atoms with Gasteiger partial charge in [0.1, 0.15) is 0 Å². The molecule has 0 bridgehead atoms. The van der Waals surface area contributed by atoms with Crippen molar-refractivity contribution in [1.82, 2.24) is 5.32 Å². The quantitative estimate of drug-likeness (QED) is 0.722. The van der Waals surface area contributed by atoms with Crippen molar-refractivity contribution in [2.24, 2.45) is 0 Å². The topological polar surface area (TPSA) is 12.0 Å². The molecule has 1 fully saturated rings. The van der Waals surface area contributed by atoms with Gasteiger partial charge in [0, 0.05) is 22.7 Å². The van der Waals surface area contributed by atoms with Crippen LogP contribution in [0.1, 0.15) is 64.4 Å². The minimum absolute atomic E-state index is 0.624. The summed E-state index contributed by atoms with van der Waals surface area (Å²) in [5.74, 6) is 0.624. The van der Waals surface area contributed by atoms with Crippen molar-refractivity contribution in [2.45, 2.75) is 75.0 Å². The van der Waals surface area contributed by atoms with Crippen molar-refractivity contribution < 1.29 is 0 Å². The Bertz CT molecular complexity index is 379. The van der Waals surface area contributed by atoms with Gasteiger partial charge in [-0.05, 0) is 36.5 Å². The van der Waals surface area contributed by atoms with Crippen LogP contribution in [0.4, 0.5) is 0 Å². The van der Waals surface area contributed by atoms with E-state index in [1.165, 1.54) is 42.6 Å². The van der Waals surface area contributed by atoms with Gasteiger partial charge < -0.3 is 5.32 Å². The van der Waals surface area contributed by atoms with E-state index in [1.807, 2.05) is 11.8 Å². The molecule has 2 heteroatoms. The maximum atomic E-state index is 3.75. The molecule has 1 atom stereocenters. The summed E-state index contributed by atoms with van der Waals surface area (Å²) in [5.41, 5.74) is 1.43. The zero-order chi connectivity index (χ0) is 14.4. The normalized spacial score (nSPS) is 18.4. The van der Waals surface area contributed by atoms with E-state index in [9.17, 15) is 0 Å². The first-order chi connectivity index (χ1) is 9.65. The van der Waals surface area contributed by atoms with Crippen molar-refractivity contribution in [3.63, 3.8) is 0 Å². The highest BCUT2D eigenvalue weighted by molar-refractivity contribution is 8.00. The summed E-state index contributed by atoms with van der Waals surface area (Å²) in [5, 5.41) is 4.39. The smallest absolute Gasteiger partial charge is 0.0191 e. The molecule has 1 nitrogen and oxygen atoms in total. The molecule has 0 heterocycles. The van der Waals surface area contributed by atoms with Crippen LogP contribution in [0.15, 0.2) is 29.2 Å². The average molecular weight is 292 g/mol. The molecule has 1 aromatic rings. The molecular formula is C18H29NS. The van der Waals surface area contributed by atoms with Gasteiger partial charge in [-0.1, -0.05) is 52.2 Å². The lowest BCUT2D eigenvalue weighted by Crippen LogP contribution is -2.35. The maximum absolute atomic E-state index is 3.75. The monoisotopic (exact) mass is 291 g/mol. The van der Waals surface area contributed by atoms with Gasteiger partial charge in [0.15, 0.2) is 0 Å². The molecule has 0 spiro atoms. The third kappa shape index (κ3) is 5.14. The van der Waals surface area contributed by atoms with Crippen molar-refractivity contribution in [1.29, 1.82) is 0 Å². The second-order valence-corrected chi connectivity index (χ2v) is 7.91. The first-order valence-corrected chi connectivity index (χ1v) is 9.03. The van der Waals surface area contributed by atoms with Crippen LogP contribution < -0.4 is 5.32 Å². The van der Waals surface area contributed by atoms with E-state index in [0.29, 0.717) is 11.2 Å². The zero-order valence-corrected chi connectivity index (χ0v) is 14.0. The van der Waals surface area contributed by atoms with E-state index in [4.69, 9.17) is 0 Å². The molecule has 0 saturated heterocycles. The highest BCUT2D eigenvalue weighted by Crippen LogP contribution is 2.25. The molecule has 1 aromatic carbocycles. The van der Waals surface area contributed by atoms with Crippen LogP contribution in [0.2, 0.25) is 0 Å². The van der Waals surface area contributed by atoms with Crippen LogP contribution in [0.5, 0.6) is 0 Å². The molecule has 0 amide bonds. The van der Waals surface area contributed by atoms with Crippen LogP contribution in [0, 0.1) is 0 Å². The van der Waals surface area contributed by atoms with Gasteiger partial charge in [-0.25, -0.2) is 0 Å². The van der Waals surface area contributed by atoms with E-state index in [1.54, 1.807) is 0 Å². The minimum Gasteiger partial charge on any atom is -0.313 e. The summed E-state index contributed by atoms with van der Waals surface area (Å²) >= 11 is 1.99. The molecule has 0 radical (unpaired) electrons. The Morgan fingerprint density at radius 1 is 1.05 bits per heavy atom. The van der Waals surface area contributed by atoms with Gasteiger partial charge in [0.25, 0.3) is 0 Å². The number of hydrogen-bond donors (Lipinski definition) is 1. The largest absolute Gasteiger partial charge is 0.313 e. The van der Waals surface area contributed by atoms with Crippen LogP contribution in [-0.2, 0) is 0 Å². The fraction of sp³-hybridized carbons (Fsp3) is 0.667. The fourth-order valence-corrected chi connectivity index (χ4v) is 3.78. The van der Waals surface area contributed by atoms with E-state index in [-0.39, 0.29) is 0 Å². The lowest BCUT2D eigenvalue weighted by Gasteiger charge is -2.24. The summed E-state index contributed by atoms with van der Waals surface area (Å²) in [6.07, 6.45) is 7.01. The van der Waals surface area contributed by atoms with Crippen LogP contribution in [0.3, 0.4) is 0 Å². The van der Waals surface area contributed by atoms with E-state index >= 15 is 0 Å². The van der Waals surface area contributed by atoms with Crippen molar-refractivity contribution >= 4 is 11.8 Å². The molecular weight excluding hydrogens is 262 g/mol. The van der Waals surface area contributed by atoms with Crippen molar-refractivity contribution in [3.8, 4) is 0 Å². The minimum atomic E-state index is 0.624. The molecule has 112 valence electrons. The van der Waals surface area contributed by atoms with Gasteiger partial charge in [-0.2, -0.15) is 0 Å². The predicted octanol–water partition coefficient (Wildman–Crippen LogP) is 5.21. The Hall–Kier alpha value is -0.470. The van der Waals surface area contributed by atoms with E-state index in [2.05, 4.69) is 50.4 Å². The molecule has 1 N–H and O–H groups in total. The second kappa shape index (κ2) is 8.09. The molecule has 1 aliphatic carbocycles. The van der Waals surface area contributed by atoms with Crippen molar-refractivity contribution in [3.05, 3.63) is 29.8 Å². The van der Waals surface area contributed by atoms with Gasteiger partial charge >= 0.3 is 0 Å². The lowest BCUT2D eigenvalue weighted by atomic mass is 9.95. The molecule has 0 aliphatic heterocycles. The van der Waals surface area contributed by atoms with Crippen molar-refractivity contribution in [2.75, 3.05) is 6.54 Å². The third-order valence-electron chi connectivity index (χ3n) is 4.18. The SMILES string of the molecule is CC(CNC1CCCCC1)Sc1ccc(C(C)C)cc1. The summed E-state index contributed by atoms with van der Waals surface area (Å²) in [6.45, 7) is 7.95.